The molecule has 0 amide bonds. The number of hydrogen-bond donors (Lipinski definition) is 0. The molecule has 0 aliphatic carbocycles. The Morgan fingerprint density at radius 1 is 0.537 bits per heavy atom. The van der Waals surface area contributed by atoms with Gasteiger partial charge in [0.1, 0.15) is 17.0 Å². The van der Waals surface area contributed by atoms with Gasteiger partial charge in [0.05, 0.1) is 5.69 Å². The largest absolute Gasteiger partial charge is 0 e. The monoisotopic (exact) mass is 1410 g/mol. The third-order valence-electron chi connectivity index (χ3n) is 14.7. The maximum Gasteiger partial charge on any atom is 0 e. The minimum atomic E-state index is 0. The molecule has 1 aliphatic rings. The summed E-state index contributed by atoms with van der Waals surface area (Å²) in [7, 11) is 0. The molecule has 13 aromatic rings. The summed E-state index contributed by atoms with van der Waals surface area (Å²) in [6, 6.07) is 60.8. The molecule has 0 fully saturated rings. The molecule has 1 aliphatic heterocycles. The normalized spacial score (nSPS) is 12.2. The van der Waals surface area contributed by atoms with Gasteiger partial charge in [0.2, 0.25) is 0 Å². The van der Waals surface area contributed by atoms with Gasteiger partial charge in [-0.2, -0.15) is 37.0 Å². The molecule has 0 bridgehead atoms. The van der Waals surface area contributed by atoms with Crippen molar-refractivity contribution in [3.8, 4) is 27.9 Å². The number of furan rings is 2. The number of anilines is 3. The van der Waals surface area contributed by atoms with E-state index < -0.39 is 0 Å². The van der Waals surface area contributed by atoms with Crippen molar-refractivity contribution in [2.24, 2.45) is 0 Å². The predicted molar refractivity (Wildman–Crippen MR) is 310 cm³/mol. The summed E-state index contributed by atoms with van der Waals surface area (Å²) in [6.07, 6.45) is 12.5. The maximum absolute atomic E-state index is 6.17. The minimum absolute atomic E-state index is 0. The van der Waals surface area contributed by atoms with Gasteiger partial charge in [0.25, 0.3) is 0 Å². The number of pyridine rings is 2. The van der Waals surface area contributed by atoms with Crippen molar-refractivity contribution in [2.75, 3.05) is 16.3 Å². The molecule has 80 heavy (non-hydrogen) atoms. The average Bonchev–Trinajstić information content (AvgIpc) is 4.49. The first-order chi connectivity index (χ1) is 38.9. The summed E-state index contributed by atoms with van der Waals surface area (Å²) in [5.74, 6) is 0.925. The summed E-state index contributed by atoms with van der Waals surface area (Å²) in [5, 5.41) is 21.3. The zero-order chi connectivity index (χ0) is 53.2. The minimum Gasteiger partial charge on any atom is 0 e. The van der Waals surface area contributed by atoms with E-state index in [0.29, 0.717) is 0 Å². The van der Waals surface area contributed by atoms with Gasteiger partial charge >= 0.3 is 243 Å². The third-order valence-corrected chi connectivity index (χ3v) is 15.9. The first-order valence-corrected chi connectivity index (χ1v) is 28.2. The van der Waals surface area contributed by atoms with E-state index in [0.717, 1.165) is 191 Å². The van der Waals surface area contributed by atoms with Gasteiger partial charge in [-0.1, -0.05) is 43.7 Å². The van der Waals surface area contributed by atoms with Crippen molar-refractivity contribution in [3.63, 3.8) is 0 Å². The Bertz CT molecular complexity index is 4340. The Labute approximate surface area is 489 Å². The molecular formula is C66H55N10O2Pt2-5. The molecule has 0 saturated heterocycles. The number of benzene rings is 6. The summed E-state index contributed by atoms with van der Waals surface area (Å²) in [6.45, 7) is 7.96. The average molecular weight is 1410 g/mol. The molecule has 0 radical (unpaired) electrons. The first-order valence-electron chi connectivity index (χ1n) is 27.0. The van der Waals surface area contributed by atoms with E-state index in [-0.39, 0.29) is 21.1 Å². The van der Waals surface area contributed by atoms with E-state index in [2.05, 4.69) is 168 Å². The fourth-order valence-electron chi connectivity index (χ4n) is 10.8. The van der Waals surface area contributed by atoms with E-state index in [9.17, 15) is 0 Å². The summed E-state index contributed by atoms with van der Waals surface area (Å²) < 4.78 is 18.0. The molecule has 0 N–H and O–H groups in total. The molecule has 406 valence electrons. The number of unbranched alkanes of at least 4 members (excludes halogenated alkanes) is 4. The molecular weight excluding hydrogens is 1350 g/mol. The maximum atomic E-state index is 6.17. The van der Waals surface area contributed by atoms with Crippen molar-refractivity contribution >= 4 is 72.2 Å². The zero-order valence-corrected chi connectivity index (χ0v) is 48.8. The molecule has 14 heteroatoms. The fourth-order valence-corrected chi connectivity index (χ4v) is 11.8. The predicted octanol–water partition coefficient (Wildman–Crippen LogP) is 14.9. The SMILES string of the molecule is Cc1cc(CCCCCN2[CH-]N(c3[c-]cccc3)c3ncc(-c4ccc5c(c4)oc4ccccc45)cc32)n[n-]1.Cc1cc(CCCCCn2[c](=[Pt])n(-c3[c-]cccc3)c3ncc(-c4ccc5c(c4)oc4ccccc45)cc32)n[n-]1.[Pt]. The van der Waals surface area contributed by atoms with E-state index in [1.54, 1.807) is 0 Å². The van der Waals surface area contributed by atoms with Crippen LogP contribution in [0.15, 0.2) is 179 Å². The smallest absolute Gasteiger partial charge is 0 e. The van der Waals surface area contributed by atoms with Crippen molar-refractivity contribution in [3.05, 3.63) is 216 Å². The number of fused-ring (bicyclic) bond motifs is 8. The van der Waals surface area contributed by atoms with Gasteiger partial charge in [0, 0.05) is 49.3 Å². The van der Waals surface area contributed by atoms with Gasteiger partial charge in [-0.15, -0.1) is 11.4 Å². The van der Waals surface area contributed by atoms with Crippen LogP contribution in [0.3, 0.4) is 0 Å². The van der Waals surface area contributed by atoms with Crippen molar-refractivity contribution in [1.29, 1.82) is 0 Å². The van der Waals surface area contributed by atoms with Crippen LogP contribution in [0, 0.1) is 36.5 Å². The molecule has 8 heterocycles. The number of nitrogens with zero attached hydrogens (tertiary/aromatic N) is 10. The summed E-state index contributed by atoms with van der Waals surface area (Å²) in [4.78, 5) is 14.4. The van der Waals surface area contributed by atoms with Crippen LogP contribution in [0.25, 0.3) is 83.0 Å². The zero-order valence-electron chi connectivity index (χ0n) is 44.2. The van der Waals surface area contributed by atoms with Crippen molar-refractivity contribution in [1.82, 2.24) is 39.5 Å². The van der Waals surface area contributed by atoms with Crippen LogP contribution < -0.4 is 20.0 Å². The number of aromatic nitrogens is 8. The standard InChI is InChI=1S/C33H28N5O.C33H27N5O.2Pt/c2*1-23-18-26(36-35-23)10-4-3-9-17-37-22-38(27-11-5-2-6-12-27)33-30(37)19-25(21-34-33)24-15-16-29-28-13-7-8-14-31(28)39-32(29)20-24;;/h2,5-8,11,13-16,18-22H,3-4,9-10,17H2,1H3;2,5-8,11,13-16,18-21H,3-4,9-10,17H2,1H3;;/q-3;-2;;. The number of rotatable bonds is 16. The molecule has 14 rings (SSSR count). The van der Waals surface area contributed by atoms with Crippen LogP contribution in [0.5, 0.6) is 0 Å². The van der Waals surface area contributed by atoms with Crippen LogP contribution in [0.4, 0.5) is 17.2 Å². The number of para-hydroxylation sites is 4. The molecule has 0 unspecified atom stereocenters. The van der Waals surface area contributed by atoms with Gasteiger partial charge in [-0.3, -0.25) is 0 Å². The first kappa shape index (κ1) is 52.8. The second-order valence-corrected chi connectivity index (χ2v) is 21.2. The van der Waals surface area contributed by atoms with Crippen LogP contribution in [0.2, 0.25) is 0 Å². The van der Waals surface area contributed by atoms with E-state index >= 15 is 0 Å². The number of hydrogen-bond acceptors (Lipinski definition) is 8. The molecule has 0 atom stereocenters. The Balaban J connectivity index is 0.000000157. The molecule has 12 nitrogen and oxygen atoms in total. The summed E-state index contributed by atoms with van der Waals surface area (Å²) in [5.41, 5.74) is 17.2. The van der Waals surface area contributed by atoms with E-state index in [4.69, 9.17) is 18.8 Å². The topological polar surface area (TPSA) is 122 Å². The Morgan fingerprint density at radius 3 is 1.68 bits per heavy atom. The van der Waals surface area contributed by atoms with Gasteiger partial charge in [-0.05, 0) is 55.6 Å². The second-order valence-electron chi connectivity index (χ2n) is 20.2. The molecule has 7 aromatic heterocycles. The summed E-state index contributed by atoms with van der Waals surface area (Å²) >= 11 is 2.43. The van der Waals surface area contributed by atoms with E-state index in [1.165, 1.54) is 0 Å². The van der Waals surface area contributed by atoms with Crippen LogP contribution in [-0.4, -0.2) is 35.8 Å². The Kier molecular flexibility index (Phi) is 15.5. The van der Waals surface area contributed by atoms with Crippen molar-refractivity contribution in [2.45, 2.75) is 71.8 Å². The third kappa shape index (κ3) is 10.8. The van der Waals surface area contributed by atoms with Crippen LogP contribution in [-0.2, 0) is 59.8 Å². The van der Waals surface area contributed by atoms with Gasteiger partial charge in [0.15, 0.2) is 0 Å². The quantitative estimate of drug-likeness (QED) is 0.0682. The molecule has 0 saturated carbocycles. The van der Waals surface area contributed by atoms with E-state index in [1.807, 2.05) is 93.0 Å². The van der Waals surface area contributed by atoms with Gasteiger partial charge < -0.3 is 24.4 Å². The number of aryl methyl sites for hydroxylation is 5. The molecule has 6 aromatic carbocycles. The fraction of sp³-hybridized carbons (Fsp3) is 0.182. The Hall–Kier alpha value is -7.91. The second kappa shape index (κ2) is 23.4. The number of imidazole rings is 1. The van der Waals surface area contributed by atoms with Crippen LogP contribution >= 0.6 is 0 Å². The van der Waals surface area contributed by atoms with Gasteiger partial charge in [-0.25, -0.2) is 4.98 Å². The Morgan fingerprint density at radius 2 is 1.09 bits per heavy atom. The molecule has 0 spiro atoms. The van der Waals surface area contributed by atoms with Crippen molar-refractivity contribution < 1.29 is 49.3 Å². The van der Waals surface area contributed by atoms with Crippen LogP contribution in [0.1, 0.15) is 61.3 Å².